The van der Waals surface area contributed by atoms with Crippen LogP contribution in [0.15, 0.2) is 12.4 Å². The normalized spacial score (nSPS) is 27.4. The van der Waals surface area contributed by atoms with E-state index in [1.165, 1.54) is 12.8 Å². The van der Waals surface area contributed by atoms with Crippen LogP contribution in [-0.2, 0) is 6.54 Å². The summed E-state index contributed by atoms with van der Waals surface area (Å²) in [7, 11) is 0. The van der Waals surface area contributed by atoms with Gasteiger partial charge in [0.25, 0.3) is 0 Å². The van der Waals surface area contributed by atoms with Crippen molar-refractivity contribution in [3.8, 4) is 0 Å². The maximum absolute atomic E-state index is 5.56. The third-order valence-electron chi connectivity index (χ3n) is 2.67. The van der Waals surface area contributed by atoms with E-state index in [9.17, 15) is 0 Å². The van der Waals surface area contributed by atoms with Gasteiger partial charge in [0, 0.05) is 12.7 Å². The molecule has 2 N–H and O–H groups in total. The zero-order chi connectivity index (χ0) is 8.55. The first-order chi connectivity index (χ1) is 5.79. The molecule has 0 saturated heterocycles. The van der Waals surface area contributed by atoms with Gasteiger partial charge in [0.15, 0.2) is 0 Å². The molecule has 0 amide bonds. The van der Waals surface area contributed by atoms with Gasteiger partial charge in [-0.15, -0.1) is 0 Å². The molecule has 3 nitrogen and oxygen atoms in total. The van der Waals surface area contributed by atoms with E-state index in [0.29, 0.717) is 0 Å². The molecule has 0 bridgehead atoms. The van der Waals surface area contributed by atoms with Crippen molar-refractivity contribution in [3.63, 3.8) is 0 Å². The van der Waals surface area contributed by atoms with Crippen LogP contribution in [0.25, 0.3) is 0 Å². The van der Waals surface area contributed by atoms with Crippen molar-refractivity contribution in [3.05, 3.63) is 12.4 Å². The van der Waals surface area contributed by atoms with E-state index in [2.05, 4.69) is 12.0 Å². The Labute approximate surface area is 72.6 Å². The topological polar surface area (TPSA) is 43.8 Å². The lowest BCUT2D eigenvalue weighted by Gasteiger charge is -1.98. The van der Waals surface area contributed by atoms with Crippen molar-refractivity contribution < 1.29 is 0 Å². The highest BCUT2D eigenvalue weighted by Crippen LogP contribution is 2.41. The summed E-state index contributed by atoms with van der Waals surface area (Å²) in [6, 6.07) is 0. The summed E-state index contributed by atoms with van der Waals surface area (Å²) in [6.45, 7) is 3.30. The summed E-state index contributed by atoms with van der Waals surface area (Å²) < 4.78 is 1.95. The summed E-state index contributed by atoms with van der Waals surface area (Å²) in [6.07, 6.45) is 6.30. The molecule has 1 aliphatic rings. The second-order valence-corrected chi connectivity index (χ2v) is 3.66. The number of anilines is 1. The Kier molecular flexibility index (Phi) is 1.79. The lowest BCUT2D eigenvalue weighted by molar-refractivity contribution is 0.525. The van der Waals surface area contributed by atoms with Gasteiger partial charge < -0.3 is 5.73 Å². The van der Waals surface area contributed by atoms with E-state index >= 15 is 0 Å². The number of nitrogen functional groups attached to an aromatic ring is 1. The minimum atomic E-state index is 0.767. The maximum atomic E-state index is 5.56. The van der Waals surface area contributed by atoms with E-state index < -0.39 is 0 Å². The molecule has 1 aromatic rings. The predicted octanol–water partition coefficient (Wildman–Crippen LogP) is 1.51. The maximum Gasteiger partial charge on any atom is 0.0719 e. The fourth-order valence-corrected chi connectivity index (χ4v) is 1.75. The minimum Gasteiger partial charge on any atom is -0.396 e. The van der Waals surface area contributed by atoms with Gasteiger partial charge in [0.05, 0.1) is 11.9 Å². The first kappa shape index (κ1) is 7.65. The van der Waals surface area contributed by atoms with Crippen molar-refractivity contribution in [1.29, 1.82) is 0 Å². The smallest absolute Gasteiger partial charge is 0.0719 e. The van der Waals surface area contributed by atoms with Crippen molar-refractivity contribution >= 4 is 5.69 Å². The largest absolute Gasteiger partial charge is 0.396 e. The quantitative estimate of drug-likeness (QED) is 0.737. The van der Waals surface area contributed by atoms with Crippen molar-refractivity contribution in [2.45, 2.75) is 26.3 Å². The summed E-state index contributed by atoms with van der Waals surface area (Å²) in [5, 5.41) is 4.16. The van der Waals surface area contributed by atoms with Gasteiger partial charge in [-0.1, -0.05) is 13.3 Å². The average Bonchev–Trinajstić information content (AvgIpc) is 2.67. The van der Waals surface area contributed by atoms with Crippen LogP contribution in [0.5, 0.6) is 0 Å². The number of hydrogen-bond donors (Lipinski definition) is 1. The van der Waals surface area contributed by atoms with E-state index in [0.717, 1.165) is 24.1 Å². The van der Waals surface area contributed by atoms with Crippen LogP contribution in [0.1, 0.15) is 19.8 Å². The van der Waals surface area contributed by atoms with Crippen LogP contribution >= 0.6 is 0 Å². The Morgan fingerprint density at radius 3 is 3.00 bits per heavy atom. The molecule has 0 aliphatic heterocycles. The highest BCUT2D eigenvalue weighted by atomic mass is 15.3. The zero-order valence-corrected chi connectivity index (χ0v) is 7.40. The molecule has 2 rings (SSSR count). The van der Waals surface area contributed by atoms with Gasteiger partial charge >= 0.3 is 0 Å². The summed E-state index contributed by atoms with van der Waals surface area (Å²) in [4.78, 5) is 0. The Balaban J connectivity index is 1.89. The fourth-order valence-electron chi connectivity index (χ4n) is 1.75. The van der Waals surface area contributed by atoms with Gasteiger partial charge in [-0.25, -0.2) is 0 Å². The van der Waals surface area contributed by atoms with Crippen LogP contribution in [-0.4, -0.2) is 9.78 Å². The summed E-state index contributed by atoms with van der Waals surface area (Å²) >= 11 is 0. The lowest BCUT2D eigenvalue weighted by atomic mass is 10.2. The van der Waals surface area contributed by atoms with Crippen LogP contribution < -0.4 is 5.73 Å². The molecule has 0 spiro atoms. The van der Waals surface area contributed by atoms with Gasteiger partial charge in [0.2, 0.25) is 0 Å². The predicted molar refractivity (Wildman–Crippen MR) is 48.5 cm³/mol. The number of nitrogens with two attached hydrogens (primary N) is 1. The Morgan fingerprint density at radius 1 is 1.67 bits per heavy atom. The second-order valence-electron chi connectivity index (χ2n) is 3.66. The second kappa shape index (κ2) is 2.81. The minimum absolute atomic E-state index is 0.767. The lowest BCUT2D eigenvalue weighted by Crippen LogP contribution is -2.01. The third kappa shape index (κ3) is 1.44. The molecule has 1 saturated carbocycles. The molecule has 12 heavy (non-hydrogen) atoms. The fraction of sp³-hybridized carbons (Fsp3) is 0.667. The Morgan fingerprint density at radius 2 is 2.50 bits per heavy atom. The highest BCUT2D eigenvalue weighted by Gasteiger charge is 2.35. The van der Waals surface area contributed by atoms with Gasteiger partial charge in [-0.2, -0.15) is 5.10 Å². The van der Waals surface area contributed by atoms with Crippen molar-refractivity contribution in [1.82, 2.24) is 9.78 Å². The van der Waals surface area contributed by atoms with E-state index in [1.54, 1.807) is 6.20 Å². The molecular formula is C9H15N3. The SMILES string of the molecule is CC[C@@H]1C[C@H]1Cn1cc(N)cn1. The monoisotopic (exact) mass is 165 g/mol. The third-order valence-corrected chi connectivity index (χ3v) is 2.67. The molecule has 3 heteroatoms. The molecule has 1 aromatic heterocycles. The molecular weight excluding hydrogens is 150 g/mol. The molecule has 1 heterocycles. The molecule has 0 aromatic carbocycles. The van der Waals surface area contributed by atoms with Gasteiger partial charge in [0.1, 0.15) is 0 Å². The van der Waals surface area contributed by atoms with Gasteiger partial charge in [-0.05, 0) is 18.3 Å². The van der Waals surface area contributed by atoms with E-state index in [-0.39, 0.29) is 0 Å². The molecule has 0 unspecified atom stereocenters. The van der Waals surface area contributed by atoms with E-state index in [1.807, 2.05) is 10.9 Å². The van der Waals surface area contributed by atoms with Crippen molar-refractivity contribution in [2.75, 3.05) is 5.73 Å². The highest BCUT2D eigenvalue weighted by molar-refractivity contribution is 5.30. The van der Waals surface area contributed by atoms with Crippen LogP contribution in [0, 0.1) is 11.8 Å². The Bertz CT molecular complexity index is 266. The first-order valence-corrected chi connectivity index (χ1v) is 4.57. The summed E-state index contributed by atoms with van der Waals surface area (Å²) in [5.74, 6) is 1.80. The Hall–Kier alpha value is -0.990. The number of hydrogen-bond acceptors (Lipinski definition) is 2. The van der Waals surface area contributed by atoms with E-state index in [4.69, 9.17) is 5.73 Å². The van der Waals surface area contributed by atoms with Crippen LogP contribution in [0.4, 0.5) is 5.69 Å². The molecule has 66 valence electrons. The number of rotatable bonds is 3. The molecule has 1 fully saturated rings. The molecule has 2 atom stereocenters. The molecule has 1 aliphatic carbocycles. The summed E-state index contributed by atoms with van der Waals surface area (Å²) in [5.41, 5.74) is 6.33. The van der Waals surface area contributed by atoms with Crippen LogP contribution in [0.2, 0.25) is 0 Å². The van der Waals surface area contributed by atoms with Gasteiger partial charge in [-0.3, -0.25) is 4.68 Å². The molecule has 0 radical (unpaired) electrons. The van der Waals surface area contributed by atoms with Crippen LogP contribution in [0.3, 0.4) is 0 Å². The number of aromatic nitrogens is 2. The first-order valence-electron chi connectivity index (χ1n) is 4.57. The average molecular weight is 165 g/mol. The standard InChI is InChI=1S/C9H15N3/c1-2-7-3-8(7)5-12-6-9(10)4-11-12/h4,6-8H,2-3,5,10H2,1H3/t7-,8+/m1/s1. The van der Waals surface area contributed by atoms with Crippen molar-refractivity contribution in [2.24, 2.45) is 11.8 Å². The number of nitrogens with zero attached hydrogens (tertiary/aromatic N) is 2. The zero-order valence-electron chi connectivity index (χ0n) is 7.40.